The zero-order valence-corrected chi connectivity index (χ0v) is 11.2. The van der Waals surface area contributed by atoms with E-state index in [4.69, 9.17) is 5.73 Å². The second-order valence-electron chi connectivity index (χ2n) is 5.87. The van der Waals surface area contributed by atoms with Crippen molar-refractivity contribution in [2.45, 2.75) is 66.3 Å². The average molecular weight is 213 g/mol. The molecule has 0 aromatic carbocycles. The molecule has 0 aromatic heterocycles. The standard InChI is InChI=1S/C13H27NO/c1-7-8-10(2)9-11(15)12(3,4)13(5,6)14/h10H,7-9,14H2,1-6H3. The first-order valence-electron chi connectivity index (χ1n) is 5.95. The monoisotopic (exact) mass is 213 g/mol. The first kappa shape index (κ1) is 14.6. The second kappa shape index (κ2) is 5.11. The summed E-state index contributed by atoms with van der Waals surface area (Å²) in [6.45, 7) is 12.0. The molecule has 2 nitrogen and oxygen atoms in total. The molecule has 0 aliphatic carbocycles. The van der Waals surface area contributed by atoms with E-state index >= 15 is 0 Å². The number of ketones is 1. The lowest BCUT2D eigenvalue weighted by Gasteiger charge is -2.37. The summed E-state index contributed by atoms with van der Waals surface area (Å²) >= 11 is 0. The molecule has 1 unspecified atom stereocenters. The van der Waals surface area contributed by atoms with E-state index in [0.29, 0.717) is 12.3 Å². The quantitative estimate of drug-likeness (QED) is 0.736. The van der Waals surface area contributed by atoms with Gasteiger partial charge in [0.25, 0.3) is 0 Å². The smallest absolute Gasteiger partial charge is 0.140 e. The van der Waals surface area contributed by atoms with Gasteiger partial charge in [0.2, 0.25) is 0 Å². The van der Waals surface area contributed by atoms with Gasteiger partial charge in [0.05, 0.1) is 0 Å². The zero-order valence-electron chi connectivity index (χ0n) is 11.2. The molecule has 0 spiro atoms. The Bertz CT molecular complexity index is 213. The van der Waals surface area contributed by atoms with E-state index in [2.05, 4.69) is 13.8 Å². The molecule has 0 saturated carbocycles. The van der Waals surface area contributed by atoms with Crippen molar-refractivity contribution in [2.75, 3.05) is 0 Å². The van der Waals surface area contributed by atoms with Crippen molar-refractivity contribution in [1.29, 1.82) is 0 Å². The van der Waals surface area contributed by atoms with Crippen molar-refractivity contribution in [3.8, 4) is 0 Å². The Morgan fingerprint density at radius 2 is 1.73 bits per heavy atom. The fourth-order valence-corrected chi connectivity index (χ4v) is 1.53. The van der Waals surface area contributed by atoms with Crippen LogP contribution in [-0.2, 0) is 4.79 Å². The van der Waals surface area contributed by atoms with E-state index < -0.39 is 11.0 Å². The highest BCUT2D eigenvalue weighted by atomic mass is 16.1. The molecule has 0 aromatic rings. The molecule has 0 amide bonds. The minimum absolute atomic E-state index is 0.288. The number of carbonyl (C=O) groups is 1. The normalized spacial score (nSPS) is 15.1. The van der Waals surface area contributed by atoms with Gasteiger partial charge in [0, 0.05) is 17.4 Å². The van der Waals surface area contributed by atoms with Crippen LogP contribution in [0.3, 0.4) is 0 Å². The number of nitrogens with two attached hydrogens (primary N) is 1. The summed E-state index contributed by atoms with van der Waals surface area (Å²) in [6.07, 6.45) is 2.91. The summed E-state index contributed by atoms with van der Waals surface area (Å²) in [5.74, 6) is 0.764. The molecule has 15 heavy (non-hydrogen) atoms. The van der Waals surface area contributed by atoms with Gasteiger partial charge in [0.15, 0.2) is 0 Å². The third-order valence-electron chi connectivity index (χ3n) is 3.62. The number of carbonyl (C=O) groups excluding carboxylic acids is 1. The van der Waals surface area contributed by atoms with Gasteiger partial charge in [-0.2, -0.15) is 0 Å². The summed E-state index contributed by atoms with van der Waals surface area (Å²) in [6, 6.07) is 0. The molecule has 2 heteroatoms. The van der Waals surface area contributed by atoms with Crippen LogP contribution in [-0.4, -0.2) is 11.3 Å². The number of hydrogen-bond donors (Lipinski definition) is 1. The molecule has 0 bridgehead atoms. The van der Waals surface area contributed by atoms with Crippen LogP contribution in [0.1, 0.15) is 60.8 Å². The number of hydrogen-bond acceptors (Lipinski definition) is 2. The SMILES string of the molecule is CCCC(C)CC(=O)C(C)(C)C(C)(C)N. The van der Waals surface area contributed by atoms with Crippen molar-refractivity contribution in [1.82, 2.24) is 0 Å². The van der Waals surface area contributed by atoms with Gasteiger partial charge >= 0.3 is 0 Å². The van der Waals surface area contributed by atoms with Gasteiger partial charge in [-0.05, 0) is 19.8 Å². The predicted octanol–water partition coefficient (Wildman–Crippen LogP) is 3.15. The van der Waals surface area contributed by atoms with Crippen LogP contribution in [0.5, 0.6) is 0 Å². The Morgan fingerprint density at radius 3 is 2.07 bits per heavy atom. The Kier molecular flexibility index (Phi) is 4.98. The highest BCUT2D eigenvalue weighted by Gasteiger charge is 2.39. The van der Waals surface area contributed by atoms with Crippen molar-refractivity contribution >= 4 is 5.78 Å². The summed E-state index contributed by atoms with van der Waals surface area (Å²) in [4.78, 5) is 12.1. The maximum absolute atomic E-state index is 12.1. The van der Waals surface area contributed by atoms with Gasteiger partial charge in [-0.15, -0.1) is 0 Å². The fourth-order valence-electron chi connectivity index (χ4n) is 1.53. The minimum Gasteiger partial charge on any atom is -0.325 e. The van der Waals surface area contributed by atoms with Crippen LogP contribution in [0.4, 0.5) is 0 Å². The lowest BCUT2D eigenvalue weighted by molar-refractivity contribution is -0.130. The molecule has 0 aliphatic heterocycles. The third kappa shape index (κ3) is 3.94. The molecule has 0 heterocycles. The molecular formula is C13H27NO. The van der Waals surface area contributed by atoms with E-state index in [1.807, 2.05) is 27.7 Å². The molecule has 0 saturated heterocycles. The van der Waals surface area contributed by atoms with Crippen molar-refractivity contribution in [3.63, 3.8) is 0 Å². The molecular weight excluding hydrogens is 186 g/mol. The van der Waals surface area contributed by atoms with Crippen LogP contribution >= 0.6 is 0 Å². The molecule has 2 N–H and O–H groups in total. The third-order valence-corrected chi connectivity index (χ3v) is 3.62. The Balaban J connectivity index is 4.45. The molecule has 0 aliphatic rings. The second-order valence-corrected chi connectivity index (χ2v) is 5.87. The molecule has 0 rings (SSSR count). The summed E-state index contributed by atoms with van der Waals surface area (Å²) in [7, 11) is 0. The molecule has 1 atom stereocenters. The van der Waals surface area contributed by atoms with E-state index in [9.17, 15) is 4.79 Å². The highest BCUT2D eigenvalue weighted by molar-refractivity contribution is 5.85. The Morgan fingerprint density at radius 1 is 1.27 bits per heavy atom. The lowest BCUT2D eigenvalue weighted by Crippen LogP contribution is -2.52. The molecule has 0 radical (unpaired) electrons. The van der Waals surface area contributed by atoms with Gasteiger partial charge in [-0.1, -0.05) is 40.5 Å². The Labute approximate surface area is 94.6 Å². The Hall–Kier alpha value is -0.370. The van der Waals surface area contributed by atoms with Crippen LogP contribution in [0.25, 0.3) is 0 Å². The van der Waals surface area contributed by atoms with Gasteiger partial charge in [0.1, 0.15) is 5.78 Å². The van der Waals surface area contributed by atoms with Crippen molar-refractivity contribution < 1.29 is 4.79 Å². The minimum atomic E-state index is -0.448. The zero-order chi connectivity index (χ0) is 12.3. The lowest BCUT2D eigenvalue weighted by atomic mass is 9.70. The molecule has 90 valence electrons. The predicted molar refractivity (Wildman–Crippen MR) is 65.7 cm³/mol. The first-order valence-corrected chi connectivity index (χ1v) is 5.95. The fraction of sp³-hybridized carbons (Fsp3) is 0.923. The number of rotatable bonds is 6. The maximum Gasteiger partial charge on any atom is 0.140 e. The van der Waals surface area contributed by atoms with Gasteiger partial charge in [-0.25, -0.2) is 0 Å². The maximum atomic E-state index is 12.1. The average Bonchev–Trinajstić information content (AvgIpc) is 2.02. The van der Waals surface area contributed by atoms with Crippen LogP contribution in [0, 0.1) is 11.3 Å². The topological polar surface area (TPSA) is 43.1 Å². The van der Waals surface area contributed by atoms with E-state index in [1.54, 1.807) is 0 Å². The van der Waals surface area contributed by atoms with E-state index in [1.165, 1.54) is 0 Å². The van der Waals surface area contributed by atoms with Crippen LogP contribution in [0.15, 0.2) is 0 Å². The van der Waals surface area contributed by atoms with Crippen LogP contribution < -0.4 is 5.73 Å². The van der Waals surface area contributed by atoms with Crippen molar-refractivity contribution in [3.05, 3.63) is 0 Å². The van der Waals surface area contributed by atoms with E-state index in [-0.39, 0.29) is 5.78 Å². The van der Waals surface area contributed by atoms with Gasteiger partial charge < -0.3 is 5.73 Å². The highest BCUT2D eigenvalue weighted by Crippen LogP contribution is 2.32. The van der Waals surface area contributed by atoms with Crippen LogP contribution in [0.2, 0.25) is 0 Å². The van der Waals surface area contributed by atoms with Crippen molar-refractivity contribution in [2.24, 2.45) is 17.1 Å². The number of Topliss-reactive ketones (excluding diaryl/α,β-unsaturated/α-hetero) is 1. The van der Waals surface area contributed by atoms with E-state index in [0.717, 1.165) is 12.8 Å². The summed E-state index contributed by atoms with van der Waals surface area (Å²) in [5.41, 5.74) is 5.16. The molecule has 0 fully saturated rings. The summed E-state index contributed by atoms with van der Waals surface area (Å²) in [5, 5.41) is 0. The first-order chi connectivity index (χ1) is 6.63. The summed E-state index contributed by atoms with van der Waals surface area (Å²) < 4.78 is 0. The largest absolute Gasteiger partial charge is 0.325 e. The van der Waals surface area contributed by atoms with Gasteiger partial charge in [-0.3, -0.25) is 4.79 Å².